The van der Waals surface area contributed by atoms with Crippen LogP contribution in [0.4, 0.5) is 34.1 Å². The van der Waals surface area contributed by atoms with Crippen molar-refractivity contribution in [3.63, 3.8) is 0 Å². The van der Waals surface area contributed by atoms with Crippen molar-refractivity contribution in [3.05, 3.63) is 160 Å². The van der Waals surface area contributed by atoms with Crippen LogP contribution in [0.25, 0.3) is 32.0 Å². The number of benzene rings is 7. The van der Waals surface area contributed by atoms with Gasteiger partial charge < -0.3 is 9.80 Å². The van der Waals surface area contributed by atoms with Crippen LogP contribution in [0.3, 0.4) is 0 Å². The van der Waals surface area contributed by atoms with Gasteiger partial charge in [0.25, 0.3) is 6.71 Å². The highest BCUT2D eigenvalue weighted by atomic mass is 32.1. The summed E-state index contributed by atoms with van der Waals surface area (Å²) in [6.45, 7) is 34.2. The van der Waals surface area contributed by atoms with Gasteiger partial charge in [-0.25, -0.2) is 0 Å². The molecule has 13 rings (SSSR count). The van der Waals surface area contributed by atoms with Gasteiger partial charge in [0.15, 0.2) is 0 Å². The summed E-state index contributed by atoms with van der Waals surface area (Å²) in [5.74, 6) is 0. The molecule has 7 aromatic carbocycles. The Morgan fingerprint density at radius 2 is 1.13 bits per heavy atom. The van der Waals surface area contributed by atoms with E-state index in [0.717, 1.165) is 0 Å². The summed E-state index contributed by atoms with van der Waals surface area (Å²) in [7, 11) is 0. The average molecular weight is 933 g/mol. The van der Waals surface area contributed by atoms with Gasteiger partial charge in [0.1, 0.15) is 0 Å². The maximum atomic E-state index is 2.74. The van der Waals surface area contributed by atoms with Crippen LogP contribution in [0.1, 0.15) is 160 Å². The van der Waals surface area contributed by atoms with E-state index in [2.05, 4.69) is 233 Å². The molecule has 0 amide bonds. The number of hydrogen-bond donors (Lipinski definition) is 0. The van der Waals surface area contributed by atoms with Gasteiger partial charge in [0.05, 0.1) is 11.4 Å². The molecule has 0 unspecified atom stereocenters. The topological polar surface area (TPSA) is 6.48 Å². The molecule has 70 heavy (non-hydrogen) atoms. The minimum absolute atomic E-state index is 0.0372. The van der Waals surface area contributed by atoms with Crippen LogP contribution in [-0.2, 0) is 32.5 Å². The SMILES string of the molecule is Cc1cc2c3c(c1)N(c1ccc4c(c1)C(C)(C)CCC4(C)C)c1c(sc4cc5c(cc14)C(C)(C)CCC5(C)C)B3c1ccc(C(C)(C)C)cc1N2c1cccc2c1-c1cc3ccccc3cc1C2(C)C. The standard InChI is InChI=1S/C66H69BN2S/c1-38-30-54-58-55(31-38)69(52-21-17-20-46-57(52)43-32-39-18-15-16-19-40(39)33-47(43)66(46,13)14)53-34-41(61(2,3)4)22-25-51(53)67(58)60-59(44-36-49-50(37-56(44)70-60)65(11,12)29-28-64(49,9)10)68(54)42-23-24-45-48(35-42)63(7,8)27-26-62(45,5)6/h15-25,30-37H,26-29H2,1-14H3. The minimum Gasteiger partial charge on any atom is -0.311 e. The third-order valence-electron chi connectivity index (χ3n) is 18.5. The van der Waals surface area contributed by atoms with E-state index in [0.29, 0.717) is 0 Å². The molecule has 0 fully saturated rings. The number of anilines is 6. The van der Waals surface area contributed by atoms with Gasteiger partial charge in [0.2, 0.25) is 0 Å². The van der Waals surface area contributed by atoms with Crippen LogP contribution in [0.15, 0.2) is 115 Å². The third kappa shape index (κ3) is 6.04. The summed E-state index contributed by atoms with van der Waals surface area (Å²) in [6.07, 6.45) is 4.78. The molecule has 2 nitrogen and oxygen atoms in total. The van der Waals surface area contributed by atoms with Crippen molar-refractivity contribution in [2.24, 2.45) is 0 Å². The molecule has 3 heterocycles. The molecule has 0 bridgehead atoms. The number of aryl methyl sites for hydroxylation is 1. The van der Waals surface area contributed by atoms with Crippen molar-refractivity contribution < 1.29 is 0 Å². The van der Waals surface area contributed by atoms with E-state index in [1.54, 1.807) is 0 Å². The normalized spacial score (nSPS) is 19.3. The lowest BCUT2D eigenvalue weighted by Crippen LogP contribution is -2.60. The molecular formula is C66H69BN2S. The minimum atomic E-state index is -0.162. The van der Waals surface area contributed by atoms with Crippen molar-refractivity contribution in [2.45, 2.75) is 155 Å². The van der Waals surface area contributed by atoms with Crippen LogP contribution in [-0.4, -0.2) is 6.71 Å². The first-order valence-electron chi connectivity index (χ1n) is 26.3. The van der Waals surface area contributed by atoms with E-state index in [9.17, 15) is 0 Å². The summed E-state index contributed by atoms with van der Waals surface area (Å²) in [6, 6.07) is 46.6. The predicted molar refractivity (Wildman–Crippen MR) is 305 cm³/mol. The van der Waals surface area contributed by atoms with Crippen LogP contribution in [0.5, 0.6) is 0 Å². The fourth-order valence-electron chi connectivity index (χ4n) is 14.0. The van der Waals surface area contributed by atoms with Crippen LogP contribution < -0.4 is 25.5 Å². The Morgan fingerprint density at radius 3 is 1.80 bits per heavy atom. The maximum absolute atomic E-state index is 2.74. The largest absolute Gasteiger partial charge is 0.311 e. The van der Waals surface area contributed by atoms with Crippen molar-refractivity contribution in [3.8, 4) is 11.1 Å². The van der Waals surface area contributed by atoms with Gasteiger partial charge in [-0.3, -0.25) is 0 Å². The molecule has 0 atom stereocenters. The van der Waals surface area contributed by atoms with E-state index >= 15 is 0 Å². The highest BCUT2D eigenvalue weighted by Gasteiger charge is 2.49. The Labute approximate surface area is 422 Å². The molecule has 4 heteroatoms. The Bertz CT molecular complexity index is 3610. The first kappa shape index (κ1) is 44.4. The Hall–Kier alpha value is -5.58. The van der Waals surface area contributed by atoms with Crippen LogP contribution in [0, 0.1) is 6.92 Å². The lowest BCUT2D eigenvalue weighted by Gasteiger charge is -2.45. The summed E-state index contributed by atoms with van der Waals surface area (Å²) >= 11 is 2.07. The average Bonchev–Trinajstić information content (AvgIpc) is 3.78. The zero-order chi connectivity index (χ0) is 49.0. The molecule has 0 spiro atoms. The van der Waals surface area contributed by atoms with E-state index in [4.69, 9.17) is 0 Å². The van der Waals surface area contributed by atoms with Crippen molar-refractivity contribution in [1.82, 2.24) is 0 Å². The zero-order valence-corrected chi connectivity index (χ0v) is 45.0. The quantitative estimate of drug-likeness (QED) is 0.159. The van der Waals surface area contributed by atoms with Crippen molar-refractivity contribution in [1.29, 1.82) is 0 Å². The number of fused-ring (bicyclic) bond motifs is 12. The maximum Gasteiger partial charge on any atom is 0.264 e. The summed E-state index contributed by atoms with van der Waals surface area (Å²) in [5.41, 5.74) is 25.1. The van der Waals surface area contributed by atoms with Crippen molar-refractivity contribution in [2.75, 3.05) is 9.80 Å². The van der Waals surface area contributed by atoms with Gasteiger partial charge in [-0.15, -0.1) is 11.3 Å². The number of rotatable bonds is 2. The molecular weight excluding hydrogens is 864 g/mol. The van der Waals surface area contributed by atoms with E-state index in [-0.39, 0.29) is 39.2 Å². The fraction of sp³-hybridized carbons (Fsp3) is 0.364. The second-order valence-corrected chi connectivity index (χ2v) is 27.5. The molecule has 0 radical (unpaired) electrons. The van der Waals surface area contributed by atoms with Gasteiger partial charge in [0, 0.05) is 48.6 Å². The molecule has 2 aliphatic heterocycles. The molecule has 0 saturated heterocycles. The zero-order valence-electron chi connectivity index (χ0n) is 44.2. The smallest absolute Gasteiger partial charge is 0.264 e. The fourth-order valence-corrected chi connectivity index (χ4v) is 15.4. The highest BCUT2D eigenvalue weighted by Crippen LogP contribution is 2.58. The highest BCUT2D eigenvalue weighted by molar-refractivity contribution is 7.33. The molecule has 352 valence electrons. The second kappa shape index (κ2) is 14.1. The molecule has 8 aromatic rings. The van der Waals surface area contributed by atoms with E-state index < -0.39 is 0 Å². The molecule has 1 aromatic heterocycles. The molecule has 0 saturated carbocycles. The molecule has 3 aliphatic carbocycles. The van der Waals surface area contributed by atoms with E-state index in [1.165, 1.54) is 152 Å². The first-order valence-corrected chi connectivity index (χ1v) is 27.1. The van der Waals surface area contributed by atoms with Crippen LogP contribution >= 0.6 is 11.3 Å². The van der Waals surface area contributed by atoms with E-state index in [1.807, 2.05) is 0 Å². The van der Waals surface area contributed by atoms with Gasteiger partial charge >= 0.3 is 0 Å². The first-order chi connectivity index (χ1) is 33.0. The molecule has 5 aliphatic rings. The molecule has 0 N–H and O–H groups in total. The van der Waals surface area contributed by atoms with Crippen molar-refractivity contribution >= 4 is 88.7 Å². The summed E-state index contributed by atoms with van der Waals surface area (Å²) in [5, 5.41) is 4.00. The number of hydrogen-bond acceptors (Lipinski definition) is 3. The van der Waals surface area contributed by atoms with Gasteiger partial charge in [-0.2, -0.15) is 0 Å². The van der Waals surface area contributed by atoms with Gasteiger partial charge in [-0.1, -0.05) is 145 Å². The summed E-state index contributed by atoms with van der Waals surface area (Å²) < 4.78 is 2.87. The predicted octanol–water partition coefficient (Wildman–Crippen LogP) is 16.7. The third-order valence-corrected chi connectivity index (χ3v) is 19.7. The Morgan fingerprint density at radius 1 is 0.514 bits per heavy atom. The van der Waals surface area contributed by atoms with Crippen LogP contribution in [0.2, 0.25) is 0 Å². The monoisotopic (exact) mass is 933 g/mol. The Balaban J connectivity index is 1.15. The second-order valence-electron chi connectivity index (χ2n) is 26.4. The van der Waals surface area contributed by atoms with Gasteiger partial charge in [-0.05, 0) is 192 Å². The number of thiophene rings is 1. The number of nitrogens with zero attached hydrogens (tertiary/aromatic N) is 2. The summed E-state index contributed by atoms with van der Waals surface area (Å²) in [4.78, 5) is 5.46. The lowest BCUT2D eigenvalue weighted by molar-refractivity contribution is 0.332. The lowest BCUT2D eigenvalue weighted by atomic mass is 9.36. The Kier molecular flexibility index (Phi) is 8.93.